The van der Waals surface area contributed by atoms with E-state index in [0.717, 1.165) is 18.8 Å². The van der Waals surface area contributed by atoms with Crippen molar-refractivity contribution in [1.29, 1.82) is 0 Å². The summed E-state index contributed by atoms with van der Waals surface area (Å²) in [5.41, 5.74) is 6.28. The Labute approximate surface area is 107 Å². The lowest BCUT2D eigenvalue weighted by Crippen LogP contribution is -2.53. The summed E-state index contributed by atoms with van der Waals surface area (Å²) >= 11 is 0. The number of amides is 2. The standard InChI is InChI=1S/C13H18N4O/c14-13(18)17(12-2-1-5-15-7-12)16-8-10-3-4-11(6-10)9-16/h1-2,5,7,10-11H,3-4,6,8-9H2,(H2,14,18). The van der Waals surface area contributed by atoms with Crippen LogP contribution in [0, 0.1) is 11.8 Å². The number of carbonyl (C=O) groups is 1. The molecular weight excluding hydrogens is 228 g/mol. The molecule has 2 bridgehead atoms. The van der Waals surface area contributed by atoms with E-state index in [2.05, 4.69) is 9.99 Å². The van der Waals surface area contributed by atoms with Crippen LogP contribution in [0.25, 0.3) is 0 Å². The van der Waals surface area contributed by atoms with Crippen molar-refractivity contribution in [3.8, 4) is 0 Å². The van der Waals surface area contributed by atoms with Crippen LogP contribution in [0.2, 0.25) is 0 Å². The molecule has 1 aliphatic heterocycles. The van der Waals surface area contributed by atoms with Gasteiger partial charge in [0.2, 0.25) is 0 Å². The number of hydrogen-bond acceptors (Lipinski definition) is 3. The minimum Gasteiger partial charge on any atom is -0.350 e. The number of nitrogens with zero attached hydrogens (tertiary/aromatic N) is 3. The summed E-state index contributed by atoms with van der Waals surface area (Å²) in [5.74, 6) is 1.42. The maximum Gasteiger partial charge on any atom is 0.334 e. The Balaban J connectivity index is 1.84. The Bertz CT molecular complexity index is 424. The van der Waals surface area contributed by atoms with E-state index in [-0.39, 0.29) is 0 Å². The van der Waals surface area contributed by atoms with Gasteiger partial charge in [-0.05, 0) is 43.2 Å². The molecule has 0 aromatic carbocycles. The normalized spacial score (nSPS) is 27.1. The number of nitrogens with two attached hydrogens (primary N) is 1. The lowest BCUT2D eigenvalue weighted by atomic mass is 10.0. The van der Waals surface area contributed by atoms with Gasteiger partial charge >= 0.3 is 6.03 Å². The van der Waals surface area contributed by atoms with Crippen molar-refractivity contribution in [1.82, 2.24) is 9.99 Å². The molecule has 18 heavy (non-hydrogen) atoms. The monoisotopic (exact) mass is 246 g/mol. The first-order valence-corrected chi connectivity index (χ1v) is 6.48. The third-order valence-electron chi connectivity index (χ3n) is 3.97. The zero-order valence-electron chi connectivity index (χ0n) is 10.3. The molecule has 2 heterocycles. The number of aromatic nitrogens is 1. The minimum atomic E-state index is -0.427. The molecule has 0 spiro atoms. The van der Waals surface area contributed by atoms with Crippen LogP contribution in [0.3, 0.4) is 0 Å². The Morgan fingerprint density at radius 3 is 2.67 bits per heavy atom. The SMILES string of the molecule is NC(=O)N(c1cccnc1)N1CC2CCC(C2)C1. The summed E-state index contributed by atoms with van der Waals surface area (Å²) < 4.78 is 0. The second-order valence-electron chi connectivity index (χ2n) is 5.28. The molecule has 0 radical (unpaired) electrons. The van der Waals surface area contributed by atoms with Gasteiger partial charge in [-0.1, -0.05) is 0 Å². The predicted octanol–water partition coefficient (Wildman–Crippen LogP) is 1.61. The van der Waals surface area contributed by atoms with Crippen LogP contribution in [0.1, 0.15) is 19.3 Å². The first-order valence-electron chi connectivity index (χ1n) is 6.48. The van der Waals surface area contributed by atoms with Crippen molar-refractivity contribution in [2.24, 2.45) is 17.6 Å². The van der Waals surface area contributed by atoms with Crippen LogP contribution in [0.4, 0.5) is 10.5 Å². The highest BCUT2D eigenvalue weighted by molar-refractivity contribution is 5.89. The topological polar surface area (TPSA) is 62.5 Å². The molecule has 2 amide bonds. The van der Waals surface area contributed by atoms with Crippen LogP contribution >= 0.6 is 0 Å². The van der Waals surface area contributed by atoms with Crippen molar-refractivity contribution in [3.05, 3.63) is 24.5 Å². The first kappa shape index (κ1) is 11.5. The smallest absolute Gasteiger partial charge is 0.334 e. The molecule has 1 aromatic heterocycles. The number of urea groups is 1. The molecular formula is C13H18N4O. The van der Waals surface area contributed by atoms with Gasteiger partial charge in [0.25, 0.3) is 0 Å². The molecule has 2 atom stereocenters. The molecule has 1 saturated heterocycles. The third-order valence-corrected chi connectivity index (χ3v) is 3.97. The summed E-state index contributed by atoms with van der Waals surface area (Å²) in [6, 6.07) is 3.27. The van der Waals surface area contributed by atoms with E-state index in [0.29, 0.717) is 11.8 Å². The summed E-state index contributed by atoms with van der Waals surface area (Å²) in [7, 11) is 0. The quantitative estimate of drug-likeness (QED) is 0.862. The van der Waals surface area contributed by atoms with Gasteiger partial charge < -0.3 is 5.73 Å². The summed E-state index contributed by atoms with van der Waals surface area (Å²) in [4.78, 5) is 15.8. The van der Waals surface area contributed by atoms with Crippen LogP contribution in [-0.4, -0.2) is 29.1 Å². The molecule has 2 N–H and O–H groups in total. The van der Waals surface area contributed by atoms with E-state index in [4.69, 9.17) is 5.73 Å². The zero-order valence-corrected chi connectivity index (χ0v) is 10.3. The number of pyridine rings is 1. The van der Waals surface area contributed by atoms with Crippen molar-refractivity contribution in [2.45, 2.75) is 19.3 Å². The molecule has 2 aliphatic rings. The molecule has 96 valence electrons. The second kappa shape index (κ2) is 4.57. The van der Waals surface area contributed by atoms with Gasteiger partial charge in [-0.3, -0.25) is 4.98 Å². The predicted molar refractivity (Wildman–Crippen MR) is 68.7 cm³/mol. The van der Waals surface area contributed by atoms with Gasteiger partial charge in [-0.15, -0.1) is 0 Å². The maximum atomic E-state index is 11.7. The molecule has 1 aromatic rings. The van der Waals surface area contributed by atoms with Crippen LogP contribution in [0.5, 0.6) is 0 Å². The largest absolute Gasteiger partial charge is 0.350 e. The fraction of sp³-hybridized carbons (Fsp3) is 0.538. The molecule has 1 saturated carbocycles. The van der Waals surface area contributed by atoms with Crippen LogP contribution in [-0.2, 0) is 0 Å². The average Bonchev–Trinajstić information content (AvgIpc) is 2.70. The summed E-state index contributed by atoms with van der Waals surface area (Å²) in [5, 5.41) is 3.67. The molecule has 2 fully saturated rings. The minimum absolute atomic E-state index is 0.427. The Hall–Kier alpha value is -1.62. The van der Waals surface area contributed by atoms with Crippen molar-refractivity contribution >= 4 is 11.7 Å². The Morgan fingerprint density at radius 2 is 2.11 bits per heavy atom. The number of carbonyl (C=O) groups excluding carboxylic acids is 1. The average molecular weight is 246 g/mol. The van der Waals surface area contributed by atoms with Crippen LogP contribution in [0.15, 0.2) is 24.5 Å². The number of anilines is 1. The van der Waals surface area contributed by atoms with E-state index >= 15 is 0 Å². The van der Waals surface area contributed by atoms with E-state index in [9.17, 15) is 4.79 Å². The fourth-order valence-corrected chi connectivity index (χ4v) is 3.25. The van der Waals surface area contributed by atoms with Gasteiger partial charge in [-0.25, -0.2) is 14.8 Å². The van der Waals surface area contributed by atoms with E-state index in [1.165, 1.54) is 19.3 Å². The van der Waals surface area contributed by atoms with Gasteiger partial charge in [0.1, 0.15) is 0 Å². The van der Waals surface area contributed by atoms with Crippen molar-refractivity contribution < 1.29 is 4.79 Å². The van der Waals surface area contributed by atoms with Gasteiger partial charge in [-0.2, -0.15) is 0 Å². The molecule has 1 aliphatic carbocycles. The maximum absolute atomic E-state index is 11.7. The highest BCUT2D eigenvalue weighted by Crippen LogP contribution is 2.37. The number of rotatable bonds is 2. The zero-order chi connectivity index (χ0) is 12.5. The number of hydrazine groups is 1. The van der Waals surface area contributed by atoms with Gasteiger partial charge in [0.15, 0.2) is 0 Å². The van der Waals surface area contributed by atoms with Crippen LogP contribution < -0.4 is 10.7 Å². The van der Waals surface area contributed by atoms with Crippen molar-refractivity contribution in [3.63, 3.8) is 0 Å². The van der Waals surface area contributed by atoms with E-state index in [1.807, 2.05) is 12.1 Å². The van der Waals surface area contributed by atoms with E-state index < -0.39 is 6.03 Å². The Kier molecular flexibility index (Phi) is 2.91. The Morgan fingerprint density at radius 1 is 1.39 bits per heavy atom. The van der Waals surface area contributed by atoms with E-state index in [1.54, 1.807) is 17.4 Å². The second-order valence-corrected chi connectivity index (χ2v) is 5.28. The van der Waals surface area contributed by atoms with Crippen molar-refractivity contribution in [2.75, 3.05) is 18.1 Å². The number of piperidine rings is 1. The first-order chi connectivity index (χ1) is 8.74. The lowest BCUT2D eigenvalue weighted by molar-refractivity contribution is 0.155. The highest BCUT2D eigenvalue weighted by atomic mass is 16.2. The fourth-order valence-electron chi connectivity index (χ4n) is 3.25. The summed E-state index contributed by atoms with van der Waals surface area (Å²) in [6.07, 6.45) is 7.24. The van der Waals surface area contributed by atoms with Gasteiger partial charge in [0, 0.05) is 19.3 Å². The van der Waals surface area contributed by atoms with Gasteiger partial charge in [0.05, 0.1) is 11.9 Å². The number of primary amides is 1. The summed E-state index contributed by atoms with van der Waals surface area (Å²) in [6.45, 7) is 1.85. The third kappa shape index (κ3) is 2.06. The molecule has 2 unspecified atom stereocenters. The highest BCUT2D eigenvalue weighted by Gasteiger charge is 2.36. The molecule has 5 heteroatoms. The number of hydrogen-bond donors (Lipinski definition) is 1. The molecule has 5 nitrogen and oxygen atoms in total. The molecule has 3 rings (SSSR count). The number of fused-ring (bicyclic) bond motifs is 2. The lowest BCUT2D eigenvalue weighted by Gasteiger charge is -2.38.